The topological polar surface area (TPSA) is 29.3 Å². The highest BCUT2D eigenvalue weighted by molar-refractivity contribution is 7.98. The Morgan fingerprint density at radius 3 is 2.83 bits per heavy atom. The van der Waals surface area contributed by atoms with Gasteiger partial charge in [-0.05, 0) is 62.7 Å². The highest BCUT2D eigenvalue weighted by atomic mass is 32.2. The maximum Gasteiger partial charge on any atom is 0.123 e. The predicted molar refractivity (Wildman–Crippen MR) is 78.4 cm³/mol. The first-order valence-corrected chi connectivity index (χ1v) is 7.71. The van der Waals surface area contributed by atoms with Gasteiger partial charge < -0.3 is 10.6 Å². The van der Waals surface area contributed by atoms with Gasteiger partial charge in [0.1, 0.15) is 5.82 Å². The molecule has 0 amide bonds. The summed E-state index contributed by atoms with van der Waals surface area (Å²) in [6, 6.07) is 6.50. The van der Waals surface area contributed by atoms with E-state index in [1.165, 1.54) is 24.3 Å². The SMILES string of the molecule is CSCCCN(C)CCC(N)c1cccc(F)c1. The molecule has 1 rings (SSSR count). The lowest BCUT2D eigenvalue weighted by atomic mass is 10.0. The lowest BCUT2D eigenvalue weighted by Gasteiger charge is -2.19. The van der Waals surface area contributed by atoms with Crippen molar-refractivity contribution in [3.63, 3.8) is 0 Å². The van der Waals surface area contributed by atoms with Crippen LogP contribution in [0.2, 0.25) is 0 Å². The number of rotatable bonds is 8. The van der Waals surface area contributed by atoms with Crippen molar-refractivity contribution < 1.29 is 4.39 Å². The van der Waals surface area contributed by atoms with Gasteiger partial charge in [-0.15, -0.1) is 0 Å². The van der Waals surface area contributed by atoms with Gasteiger partial charge in [0.25, 0.3) is 0 Å². The molecule has 0 heterocycles. The Kier molecular flexibility index (Phi) is 7.32. The molecule has 0 saturated carbocycles. The maximum absolute atomic E-state index is 13.1. The fourth-order valence-corrected chi connectivity index (χ4v) is 2.27. The molecular weight excluding hydrogens is 247 g/mol. The number of hydrogen-bond donors (Lipinski definition) is 1. The fourth-order valence-electron chi connectivity index (χ4n) is 1.85. The third kappa shape index (κ3) is 5.85. The van der Waals surface area contributed by atoms with Crippen LogP contribution in [0.15, 0.2) is 24.3 Å². The van der Waals surface area contributed by atoms with Crippen LogP contribution in [0.5, 0.6) is 0 Å². The Bertz CT molecular complexity index is 346. The Morgan fingerprint density at radius 2 is 2.17 bits per heavy atom. The molecule has 0 saturated heterocycles. The Morgan fingerprint density at radius 1 is 1.39 bits per heavy atom. The lowest BCUT2D eigenvalue weighted by Crippen LogP contribution is -2.25. The molecule has 1 unspecified atom stereocenters. The van der Waals surface area contributed by atoms with Gasteiger partial charge in [-0.1, -0.05) is 12.1 Å². The average Bonchev–Trinajstić information content (AvgIpc) is 2.36. The van der Waals surface area contributed by atoms with Crippen LogP contribution in [0.4, 0.5) is 4.39 Å². The second-order valence-corrected chi connectivity index (χ2v) is 5.59. The summed E-state index contributed by atoms with van der Waals surface area (Å²) in [5, 5.41) is 0. The molecule has 2 nitrogen and oxygen atoms in total. The van der Waals surface area contributed by atoms with Crippen molar-refractivity contribution in [2.75, 3.05) is 32.1 Å². The average molecular weight is 270 g/mol. The van der Waals surface area contributed by atoms with Crippen molar-refractivity contribution in [1.82, 2.24) is 4.90 Å². The largest absolute Gasteiger partial charge is 0.324 e. The van der Waals surface area contributed by atoms with Gasteiger partial charge in [0, 0.05) is 6.04 Å². The van der Waals surface area contributed by atoms with Crippen LogP contribution >= 0.6 is 11.8 Å². The van der Waals surface area contributed by atoms with E-state index in [0.717, 1.165) is 25.1 Å². The number of halogens is 1. The third-order valence-corrected chi connectivity index (χ3v) is 3.68. The highest BCUT2D eigenvalue weighted by Gasteiger charge is 2.08. The molecule has 0 bridgehead atoms. The van der Waals surface area contributed by atoms with Gasteiger partial charge >= 0.3 is 0 Å². The maximum atomic E-state index is 13.1. The molecule has 1 aromatic carbocycles. The number of nitrogens with two attached hydrogens (primary N) is 1. The summed E-state index contributed by atoms with van der Waals surface area (Å²) in [4.78, 5) is 2.29. The van der Waals surface area contributed by atoms with E-state index in [1.54, 1.807) is 6.07 Å². The van der Waals surface area contributed by atoms with Crippen molar-refractivity contribution in [2.45, 2.75) is 18.9 Å². The van der Waals surface area contributed by atoms with Crippen LogP contribution in [-0.4, -0.2) is 37.0 Å². The van der Waals surface area contributed by atoms with Crippen molar-refractivity contribution in [3.05, 3.63) is 35.6 Å². The number of benzene rings is 1. The summed E-state index contributed by atoms with van der Waals surface area (Å²) in [5.41, 5.74) is 6.95. The van der Waals surface area contributed by atoms with Crippen LogP contribution < -0.4 is 5.73 Å². The predicted octanol–water partition coefficient (Wildman–Crippen LogP) is 2.90. The second kappa shape index (κ2) is 8.51. The van der Waals surface area contributed by atoms with Crippen molar-refractivity contribution in [1.29, 1.82) is 0 Å². The molecule has 0 aliphatic rings. The second-order valence-electron chi connectivity index (χ2n) is 4.60. The zero-order chi connectivity index (χ0) is 13.4. The zero-order valence-corrected chi connectivity index (χ0v) is 12.0. The van der Waals surface area contributed by atoms with Gasteiger partial charge in [0.2, 0.25) is 0 Å². The summed E-state index contributed by atoms with van der Waals surface area (Å²) < 4.78 is 13.1. The molecule has 0 spiro atoms. The van der Waals surface area contributed by atoms with Crippen LogP contribution in [0.1, 0.15) is 24.4 Å². The molecule has 0 aliphatic heterocycles. The highest BCUT2D eigenvalue weighted by Crippen LogP contribution is 2.15. The third-order valence-electron chi connectivity index (χ3n) is 2.99. The number of hydrogen-bond acceptors (Lipinski definition) is 3. The normalized spacial score (nSPS) is 12.9. The van der Waals surface area contributed by atoms with Crippen molar-refractivity contribution >= 4 is 11.8 Å². The smallest absolute Gasteiger partial charge is 0.123 e. The molecule has 0 fully saturated rings. The Balaban J connectivity index is 2.30. The van der Waals surface area contributed by atoms with Gasteiger partial charge in [-0.2, -0.15) is 11.8 Å². The van der Waals surface area contributed by atoms with E-state index in [4.69, 9.17) is 5.73 Å². The molecule has 18 heavy (non-hydrogen) atoms. The van der Waals surface area contributed by atoms with E-state index >= 15 is 0 Å². The van der Waals surface area contributed by atoms with Gasteiger partial charge in [0.05, 0.1) is 0 Å². The first kappa shape index (κ1) is 15.5. The van der Waals surface area contributed by atoms with Gasteiger partial charge in [0.15, 0.2) is 0 Å². The summed E-state index contributed by atoms with van der Waals surface area (Å²) in [6.45, 7) is 2.04. The van der Waals surface area contributed by atoms with E-state index in [-0.39, 0.29) is 11.9 Å². The molecule has 1 aromatic rings. The standard InChI is InChI=1S/C14H23FN2S/c1-17(8-4-10-18-2)9-7-14(16)12-5-3-6-13(15)11-12/h3,5-6,11,14H,4,7-10,16H2,1-2H3. The quantitative estimate of drug-likeness (QED) is 0.737. The molecule has 0 radical (unpaired) electrons. The van der Waals surface area contributed by atoms with Crippen molar-refractivity contribution in [2.24, 2.45) is 5.73 Å². The summed E-state index contributed by atoms with van der Waals surface area (Å²) in [5.74, 6) is 0.983. The van der Waals surface area contributed by atoms with E-state index in [9.17, 15) is 4.39 Å². The summed E-state index contributed by atoms with van der Waals surface area (Å²) in [7, 11) is 2.11. The molecule has 102 valence electrons. The summed E-state index contributed by atoms with van der Waals surface area (Å²) in [6.07, 6.45) is 4.19. The molecule has 4 heteroatoms. The Hall–Kier alpha value is -0.580. The number of thioether (sulfide) groups is 1. The molecule has 0 aromatic heterocycles. The lowest BCUT2D eigenvalue weighted by molar-refractivity contribution is 0.320. The first-order valence-electron chi connectivity index (χ1n) is 6.32. The van der Waals surface area contributed by atoms with Gasteiger partial charge in [-0.25, -0.2) is 4.39 Å². The van der Waals surface area contributed by atoms with Crippen LogP contribution in [0.25, 0.3) is 0 Å². The first-order chi connectivity index (χ1) is 8.63. The minimum atomic E-state index is -0.212. The molecule has 2 N–H and O–H groups in total. The van der Waals surface area contributed by atoms with Crippen LogP contribution in [0, 0.1) is 5.82 Å². The monoisotopic (exact) mass is 270 g/mol. The van der Waals surface area contributed by atoms with Crippen LogP contribution in [-0.2, 0) is 0 Å². The molecule has 1 atom stereocenters. The number of nitrogens with zero attached hydrogens (tertiary/aromatic N) is 1. The molecule has 0 aliphatic carbocycles. The van der Waals surface area contributed by atoms with E-state index in [2.05, 4.69) is 18.2 Å². The van der Waals surface area contributed by atoms with E-state index in [0.29, 0.717) is 0 Å². The van der Waals surface area contributed by atoms with E-state index in [1.807, 2.05) is 17.8 Å². The molecular formula is C14H23FN2S. The summed E-state index contributed by atoms with van der Waals surface area (Å²) >= 11 is 1.87. The minimum absolute atomic E-state index is 0.0799. The Labute approximate surface area is 114 Å². The minimum Gasteiger partial charge on any atom is -0.324 e. The fraction of sp³-hybridized carbons (Fsp3) is 0.571. The van der Waals surface area contributed by atoms with Crippen LogP contribution in [0.3, 0.4) is 0 Å². The zero-order valence-electron chi connectivity index (χ0n) is 11.2. The van der Waals surface area contributed by atoms with E-state index < -0.39 is 0 Å². The van der Waals surface area contributed by atoms with Crippen molar-refractivity contribution in [3.8, 4) is 0 Å². The van der Waals surface area contributed by atoms with Gasteiger partial charge in [-0.3, -0.25) is 0 Å².